The number of amides is 1. The number of rotatable bonds is 6. The average molecular weight is 324 g/mol. The fraction of sp³-hybridized carbons (Fsp3) is 0.400. The number of carboxylic acid groups (broad SMARTS) is 1. The van der Waals surface area contributed by atoms with Gasteiger partial charge in [-0.05, 0) is 38.8 Å². The van der Waals surface area contributed by atoms with Crippen LogP contribution in [0.1, 0.15) is 41.6 Å². The monoisotopic (exact) mass is 324 g/mol. The molecule has 0 aliphatic carbocycles. The van der Waals surface area contributed by atoms with E-state index in [1.807, 2.05) is 13.8 Å². The zero-order valence-electron chi connectivity index (χ0n) is 12.9. The van der Waals surface area contributed by atoms with Crippen molar-refractivity contribution in [1.29, 1.82) is 0 Å². The van der Waals surface area contributed by atoms with Gasteiger partial charge in [-0.2, -0.15) is 0 Å². The summed E-state index contributed by atoms with van der Waals surface area (Å²) >= 11 is 1.25. The molecule has 7 heteroatoms. The highest BCUT2D eigenvalue weighted by molar-refractivity contribution is 7.16. The Morgan fingerprint density at radius 1 is 1.32 bits per heavy atom. The predicted octanol–water partition coefficient (Wildman–Crippen LogP) is 1.43. The highest BCUT2D eigenvalue weighted by Crippen LogP contribution is 2.34. The number of anilines is 1. The molecule has 0 unspecified atom stereocenters. The van der Waals surface area contributed by atoms with Gasteiger partial charge >= 0.3 is 5.97 Å². The highest BCUT2D eigenvalue weighted by atomic mass is 32.1. The Morgan fingerprint density at radius 3 is 2.45 bits per heavy atom. The van der Waals surface area contributed by atoms with Gasteiger partial charge in [0.1, 0.15) is 5.00 Å². The summed E-state index contributed by atoms with van der Waals surface area (Å²) in [5.41, 5.74) is 1.14. The van der Waals surface area contributed by atoms with Gasteiger partial charge in [0.2, 0.25) is 5.91 Å². The van der Waals surface area contributed by atoms with Gasteiger partial charge in [0, 0.05) is 11.0 Å². The van der Waals surface area contributed by atoms with Crippen LogP contribution in [0.5, 0.6) is 0 Å². The smallest absolute Gasteiger partial charge is 0.341 e. The van der Waals surface area contributed by atoms with E-state index in [0.717, 1.165) is 16.5 Å². The minimum absolute atomic E-state index is 0.279. The first-order valence-electron chi connectivity index (χ1n) is 6.79. The van der Waals surface area contributed by atoms with Crippen LogP contribution in [-0.2, 0) is 20.7 Å². The lowest BCUT2D eigenvalue weighted by atomic mass is 10.1. The van der Waals surface area contributed by atoms with Gasteiger partial charge < -0.3 is 20.0 Å². The van der Waals surface area contributed by atoms with Crippen LogP contribution in [0.25, 0.3) is 0 Å². The molecule has 0 aliphatic heterocycles. The quantitative estimate of drug-likeness (QED) is 0.631. The van der Waals surface area contributed by atoms with Crippen LogP contribution >= 0.6 is 11.3 Å². The minimum Gasteiger partial charge on any atom is -0.545 e. The number of hydrogen-bond acceptors (Lipinski definition) is 6. The maximum Gasteiger partial charge on any atom is 0.341 e. The molecule has 1 amide bonds. The van der Waals surface area contributed by atoms with Crippen LogP contribution in [0.4, 0.5) is 5.00 Å². The fourth-order valence-corrected chi connectivity index (χ4v) is 3.01. The normalized spacial score (nSPS) is 11.0. The Balaban J connectivity index is 3.11. The molecule has 0 spiro atoms. The van der Waals surface area contributed by atoms with Crippen LogP contribution < -0.4 is 10.4 Å². The van der Waals surface area contributed by atoms with Gasteiger partial charge in [-0.1, -0.05) is 6.92 Å². The molecule has 1 aromatic heterocycles. The van der Waals surface area contributed by atoms with Crippen LogP contribution in [0.2, 0.25) is 0 Å². The summed E-state index contributed by atoms with van der Waals surface area (Å²) in [6, 6.07) is 0. The second-order valence-electron chi connectivity index (χ2n) is 4.79. The third-order valence-corrected chi connectivity index (χ3v) is 3.78. The Labute approximate surface area is 132 Å². The van der Waals surface area contributed by atoms with E-state index in [0.29, 0.717) is 23.1 Å². The third kappa shape index (κ3) is 4.70. The minimum atomic E-state index is -1.47. The largest absolute Gasteiger partial charge is 0.545 e. The zero-order valence-corrected chi connectivity index (χ0v) is 13.7. The van der Waals surface area contributed by atoms with E-state index >= 15 is 0 Å². The number of esters is 1. The predicted molar refractivity (Wildman–Crippen MR) is 81.8 cm³/mol. The van der Waals surface area contributed by atoms with E-state index in [4.69, 9.17) is 4.74 Å². The van der Waals surface area contributed by atoms with Crippen molar-refractivity contribution in [3.8, 4) is 0 Å². The fourth-order valence-electron chi connectivity index (χ4n) is 1.88. The molecule has 22 heavy (non-hydrogen) atoms. The van der Waals surface area contributed by atoms with Gasteiger partial charge in [-0.25, -0.2) is 4.79 Å². The summed E-state index contributed by atoms with van der Waals surface area (Å²) in [6.07, 6.45) is 1.81. The molecule has 1 N–H and O–H groups in total. The number of aryl methyl sites for hydroxylation is 1. The molecule has 0 atom stereocenters. The van der Waals surface area contributed by atoms with Gasteiger partial charge in [0.05, 0.1) is 17.6 Å². The van der Waals surface area contributed by atoms with Gasteiger partial charge in [-0.15, -0.1) is 11.3 Å². The van der Waals surface area contributed by atoms with Gasteiger partial charge in [-0.3, -0.25) is 4.79 Å². The number of carbonyl (C=O) groups is 3. The number of hydrogen-bond donors (Lipinski definition) is 1. The maximum atomic E-state index is 12.2. The molecule has 1 aromatic rings. The summed E-state index contributed by atoms with van der Waals surface area (Å²) in [4.78, 5) is 35.1. The van der Waals surface area contributed by atoms with Crippen molar-refractivity contribution >= 4 is 34.2 Å². The lowest BCUT2D eigenvalue weighted by Gasteiger charge is -2.10. The van der Waals surface area contributed by atoms with Crippen molar-refractivity contribution in [3.63, 3.8) is 0 Å². The standard InChI is InChI=1S/C15H19NO5S/c1-5-10-9(4)22-14(13(10)15(20)21-8(2)3)16-11(17)6-7-12(18)19/h6-8H,5H2,1-4H3,(H,16,17)(H,18,19)/p-1/b7-6+. The SMILES string of the molecule is CCc1c(C)sc(NC(=O)/C=C/C(=O)[O-])c1C(=O)OC(C)C. The molecule has 120 valence electrons. The van der Waals surface area contributed by atoms with E-state index in [2.05, 4.69) is 5.32 Å². The number of carbonyl (C=O) groups excluding carboxylic acids is 3. The molecule has 0 radical (unpaired) electrons. The molecule has 6 nitrogen and oxygen atoms in total. The van der Waals surface area contributed by atoms with Crippen LogP contribution in [-0.4, -0.2) is 23.9 Å². The molecule has 1 heterocycles. The average Bonchev–Trinajstić information content (AvgIpc) is 2.71. The van der Waals surface area contributed by atoms with Gasteiger partial charge in [0.15, 0.2) is 0 Å². The van der Waals surface area contributed by atoms with E-state index in [-0.39, 0.29) is 6.10 Å². The molecule has 0 fully saturated rings. The van der Waals surface area contributed by atoms with Crippen molar-refractivity contribution in [1.82, 2.24) is 0 Å². The van der Waals surface area contributed by atoms with Crippen LogP contribution in [0.3, 0.4) is 0 Å². The number of aliphatic carboxylic acids is 1. The molecular formula is C15H18NO5S-. The number of carboxylic acids is 1. The summed E-state index contributed by atoms with van der Waals surface area (Å²) in [7, 11) is 0. The summed E-state index contributed by atoms with van der Waals surface area (Å²) in [6.45, 7) is 7.23. The van der Waals surface area contributed by atoms with Crippen molar-refractivity contribution < 1.29 is 24.2 Å². The van der Waals surface area contributed by atoms with Crippen molar-refractivity contribution in [2.24, 2.45) is 0 Å². The Bertz CT molecular complexity index is 616. The molecule has 0 aromatic carbocycles. The van der Waals surface area contributed by atoms with Crippen LogP contribution in [0.15, 0.2) is 12.2 Å². The first kappa shape index (κ1) is 17.9. The van der Waals surface area contributed by atoms with E-state index in [1.165, 1.54) is 11.3 Å². The Morgan fingerprint density at radius 2 is 1.95 bits per heavy atom. The molecular weight excluding hydrogens is 306 g/mol. The van der Waals surface area contributed by atoms with Crippen molar-refractivity contribution in [2.75, 3.05) is 5.32 Å². The van der Waals surface area contributed by atoms with Crippen molar-refractivity contribution in [2.45, 2.75) is 40.2 Å². The molecule has 0 saturated heterocycles. The number of ether oxygens (including phenoxy) is 1. The molecule has 0 bridgehead atoms. The number of thiophene rings is 1. The zero-order chi connectivity index (χ0) is 16.9. The van der Waals surface area contributed by atoms with E-state index < -0.39 is 17.8 Å². The third-order valence-electron chi connectivity index (χ3n) is 2.72. The highest BCUT2D eigenvalue weighted by Gasteiger charge is 2.23. The molecule has 0 aliphatic rings. The lowest BCUT2D eigenvalue weighted by Crippen LogP contribution is -2.20. The summed E-state index contributed by atoms with van der Waals surface area (Å²) < 4.78 is 5.21. The van der Waals surface area contributed by atoms with E-state index in [9.17, 15) is 19.5 Å². The summed E-state index contributed by atoms with van der Waals surface area (Å²) in [5.74, 6) is -2.62. The summed E-state index contributed by atoms with van der Waals surface area (Å²) in [5, 5.41) is 13.2. The van der Waals surface area contributed by atoms with Crippen molar-refractivity contribution in [3.05, 3.63) is 28.2 Å². The molecule has 0 saturated carbocycles. The first-order valence-corrected chi connectivity index (χ1v) is 7.61. The maximum absolute atomic E-state index is 12.2. The topological polar surface area (TPSA) is 95.5 Å². The Kier molecular flexibility index (Phi) is 6.30. The number of nitrogens with one attached hydrogen (secondary N) is 1. The second-order valence-corrected chi connectivity index (χ2v) is 6.01. The molecule has 1 rings (SSSR count). The van der Waals surface area contributed by atoms with Crippen LogP contribution in [0, 0.1) is 6.92 Å². The van der Waals surface area contributed by atoms with E-state index in [1.54, 1.807) is 13.8 Å². The first-order chi connectivity index (χ1) is 10.3. The second kappa shape index (κ2) is 7.74. The lowest BCUT2D eigenvalue weighted by molar-refractivity contribution is -0.297. The van der Waals surface area contributed by atoms with Gasteiger partial charge in [0.25, 0.3) is 0 Å². The Hall–Kier alpha value is -2.15.